The largest absolute Gasteiger partial charge is 0.480 e. The van der Waals surface area contributed by atoms with Crippen LogP contribution in [0.1, 0.15) is 25.1 Å². The van der Waals surface area contributed by atoms with Crippen LogP contribution in [0.5, 0.6) is 0 Å². The molecule has 0 radical (unpaired) electrons. The maximum Gasteiger partial charge on any atom is 0.323 e. The van der Waals surface area contributed by atoms with Crippen molar-refractivity contribution in [3.05, 3.63) is 53.4 Å². The molecule has 106 valence electrons. The van der Waals surface area contributed by atoms with Gasteiger partial charge in [-0.25, -0.2) is 0 Å². The summed E-state index contributed by atoms with van der Waals surface area (Å²) >= 11 is 6.00. The molecule has 0 aliphatic carbocycles. The Balaban J connectivity index is 2.38. The third kappa shape index (κ3) is 3.33. The smallest absolute Gasteiger partial charge is 0.323 e. The number of furan rings is 1. The molecule has 1 aromatic carbocycles. The highest BCUT2D eigenvalue weighted by atomic mass is 35.5. The van der Waals surface area contributed by atoms with Crippen molar-refractivity contribution in [3.63, 3.8) is 0 Å². The molecule has 2 rings (SSSR count). The Labute approximate surface area is 122 Å². The molecule has 1 aromatic heterocycles. The van der Waals surface area contributed by atoms with Gasteiger partial charge in [0.2, 0.25) is 0 Å². The Morgan fingerprint density at radius 2 is 2.20 bits per heavy atom. The highest BCUT2D eigenvalue weighted by Crippen LogP contribution is 2.31. The lowest BCUT2D eigenvalue weighted by Gasteiger charge is -2.30. The molecule has 0 fully saturated rings. The summed E-state index contributed by atoms with van der Waals surface area (Å²) in [5.41, 5.74) is 0.767. The van der Waals surface area contributed by atoms with Gasteiger partial charge in [-0.1, -0.05) is 24.6 Å². The summed E-state index contributed by atoms with van der Waals surface area (Å²) in [6.45, 7) is 1.88. The van der Waals surface area contributed by atoms with Crippen LogP contribution in [-0.4, -0.2) is 17.6 Å². The highest BCUT2D eigenvalue weighted by Gasteiger charge is 2.23. The van der Waals surface area contributed by atoms with Crippen LogP contribution in [0.4, 0.5) is 5.69 Å². The molecule has 5 heteroatoms. The molecule has 0 spiro atoms. The molecule has 0 bridgehead atoms. The standard InChI is InChI=1S/C15H16ClNO3/c1-2-13(14-7-4-8-20-14)17(10-15(18)19)12-6-3-5-11(16)9-12/h3-9,13H,2,10H2,1H3,(H,18,19). The van der Waals surface area contributed by atoms with E-state index in [1.165, 1.54) is 0 Å². The van der Waals surface area contributed by atoms with E-state index in [4.69, 9.17) is 21.1 Å². The van der Waals surface area contributed by atoms with Crippen molar-refractivity contribution in [2.45, 2.75) is 19.4 Å². The van der Waals surface area contributed by atoms with E-state index in [9.17, 15) is 4.79 Å². The van der Waals surface area contributed by atoms with Gasteiger partial charge in [0.05, 0.1) is 12.3 Å². The van der Waals surface area contributed by atoms with E-state index >= 15 is 0 Å². The minimum atomic E-state index is -0.894. The fraction of sp³-hybridized carbons (Fsp3) is 0.267. The first-order chi connectivity index (χ1) is 9.61. The number of carboxylic acids is 1. The average molecular weight is 294 g/mol. The number of carboxylic acid groups (broad SMARTS) is 1. The van der Waals surface area contributed by atoms with E-state index in [1.807, 2.05) is 19.1 Å². The van der Waals surface area contributed by atoms with Gasteiger partial charge in [0.15, 0.2) is 0 Å². The van der Waals surface area contributed by atoms with E-state index in [0.717, 1.165) is 17.9 Å². The minimum absolute atomic E-state index is 0.112. The van der Waals surface area contributed by atoms with Gasteiger partial charge >= 0.3 is 5.97 Å². The zero-order valence-corrected chi connectivity index (χ0v) is 11.9. The van der Waals surface area contributed by atoms with Crippen LogP contribution in [0, 0.1) is 0 Å². The SMILES string of the molecule is CCC(c1ccco1)N(CC(=O)O)c1cccc(Cl)c1. The van der Waals surface area contributed by atoms with Gasteiger partial charge < -0.3 is 14.4 Å². The maximum absolute atomic E-state index is 11.2. The van der Waals surface area contributed by atoms with Gasteiger partial charge in [-0.15, -0.1) is 0 Å². The van der Waals surface area contributed by atoms with Gasteiger partial charge in [0.25, 0.3) is 0 Å². The van der Waals surface area contributed by atoms with E-state index < -0.39 is 5.97 Å². The van der Waals surface area contributed by atoms with E-state index in [1.54, 1.807) is 35.4 Å². The topological polar surface area (TPSA) is 53.7 Å². The van der Waals surface area contributed by atoms with Crippen LogP contribution in [0.25, 0.3) is 0 Å². The second-order valence-corrected chi connectivity index (χ2v) is 4.88. The lowest BCUT2D eigenvalue weighted by Crippen LogP contribution is -2.33. The monoisotopic (exact) mass is 293 g/mol. The Kier molecular flexibility index (Phi) is 4.69. The van der Waals surface area contributed by atoms with Gasteiger partial charge in [-0.05, 0) is 36.8 Å². The zero-order chi connectivity index (χ0) is 14.5. The highest BCUT2D eigenvalue weighted by molar-refractivity contribution is 6.30. The fourth-order valence-corrected chi connectivity index (χ4v) is 2.42. The second-order valence-electron chi connectivity index (χ2n) is 4.44. The molecule has 1 heterocycles. The van der Waals surface area contributed by atoms with Crippen molar-refractivity contribution < 1.29 is 14.3 Å². The Hall–Kier alpha value is -1.94. The van der Waals surface area contributed by atoms with Crippen LogP contribution < -0.4 is 4.90 Å². The number of benzene rings is 1. The molecule has 0 saturated heterocycles. The summed E-state index contributed by atoms with van der Waals surface area (Å²) < 4.78 is 5.43. The Morgan fingerprint density at radius 1 is 1.40 bits per heavy atom. The quantitative estimate of drug-likeness (QED) is 0.875. The van der Waals surface area contributed by atoms with Crippen molar-refractivity contribution in [1.82, 2.24) is 0 Å². The van der Waals surface area contributed by atoms with Crippen LogP contribution in [0.15, 0.2) is 47.1 Å². The molecule has 4 nitrogen and oxygen atoms in total. The van der Waals surface area contributed by atoms with Gasteiger partial charge in [-0.3, -0.25) is 4.79 Å². The summed E-state index contributed by atoms with van der Waals surface area (Å²) in [4.78, 5) is 12.9. The lowest BCUT2D eigenvalue weighted by molar-refractivity contribution is -0.135. The molecule has 20 heavy (non-hydrogen) atoms. The average Bonchev–Trinajstić information content (AvgIpc) is 2.92. The number of hydrogen-bond acceptors (Lipinski definition) is 3. The van der Waals surface area contributed by atoms with Crippen LogP contribution in [0.2, 0.25) is 5.02 Å². The zero-order valence-electron chi connectivity index (χ0n) is 11.1. The second kappa shape index (κ2) is 6.48. The lowest BCUT2D eigenvalue weighted by atomic mass is 10.1. The number of hydrogen-bond donors (Lipinski definition) is 1. The number of aliphatic carboxylic acids is 1. The van der Waals surface area contributed by atoms with Crippen LogP contribution in [-0.2, 0) is 4.79 Å². The summed E-state index contributed by atoms with van der Waals surface area (Å²) in [6.07, 6.45) is 2.32. The molecular weight excluding hydrogens is 278 g/mol. The summed E-state index contributed by atoms with van der Waals surface area (Å²) in [5.74, 6) is -0.149. The van der Waals surface area contributed by atoms with Gasteiger partial charge in [0, 0.05) is 10.7 Å². The van der Waals surface area contributed by atoms with Crippen LogP contribution >= 0.6 is 11.6 Å². The third-order valence-electron chi connectivity index (χ3n) is 3.08. The van der Waals surface area contributed by atoms with Gasteiger partial charge in [0.1, 0.15) is 12.3 Å². The number of nitrogens with zero attached hydrogens (tertiary/aromatic N) is 1. The van der Waals surface area contributed by atoms with E-state index in [2.05, 4.69) is 0 Å². The maximum atomic E-state index is 11.2. The van der Waals surface area contributed by atoms with Crippen molar-refractivity contribution in [2.24, 2.45) is 0 Å². The molecule has 1 unspecified atom stereocenters. The molecule has 1 N–H and O–H groups in total. The van der Waals surface area contributed by atoms with Crippen LogP contribution in [0.3, 0.4) is 0 Å². The van der Waals surface area contributed by atoms with Gasteiger partial charge in [-0.2, -0.15) is 0 Å². The molecule has 0 aliphatic rings. The van der Waals surface area contributed by atoms with E-state index in [0.29, 0.717) is 5.02 Å². The molecular formula is C15H16ClNO3. The predicted octanol–water partition coefficient (Wildman–Crippen LogP) is 3.98. The summed E-state index contributed by atoms with van der Waals surface area (Å²) in [6, 6.07) is 10.7. The predicted molar refractivity (Wildman–Crippen MR) is 78.2 cm³/mol. The third-order valence-corrected chi connectivity index (χ3v) is 3.32. The molecule has 0 saturated carbocycles. The molecule has 1 atom stereocenters. The fourth-order valence-electron chi connectivity index (χ4n) is 2.24. The van der Waals surface area contributed by atoms with Crippen molar-refractivity contribution in [2.75, 3.05) is 11.4 Å². The first kappa shape index (κ1) is 14.5. The normalized spacial score (nSPS) is 12.1. The molecule has 0 aliphatic heterocycles. The summed E-state index contributed by atoms with van der Waals surface area (Å²) in [7, 11) is 0. The first-order valence-electron chi connectivity index (χ1n) is 6.39. The van der Waals surface area contributed by atoms with Crippen molar-refractivity contribution >= 4 is 23.3 Å². The minimum Gasteiger partial charge on any atom is -0.480 e. The Morgan fingerprint density at radius 3 is 2.75 bits per heavy atom. The van der Waals surface area contributed by atoms with Crippen molar-refractivity contribution in [1.29, 1.82) is 0 Å². The molecule has 2 aromatic rings. The van der Waals surface area contributed by atoms with Crippen molar-refractivity contribution in [3.8, 4) is 0 Å². The number of halogens is 1. The summed E-state index contributed by atoms with van der Waals surface area (Å²) in [5, 5.41) is 9.73. The van der Waals surface area contributed by atoms with E-state index in [-0.39, 0.29) is 12.6 Å². The molecule has 0 amide bonds. The number of anilines is 1. The Bertz CT molecular complexity index is 568. The first-order valence-corrected chi connectivity index (χ1v) is 6.77. The number of carbonyl (C=O) groups is 1. The number of rotatable bonds is 6.